The summed E-state index contributed by atoms with van der Waals surface area (Å²) in [6, 6.07) is 13.1. The van der Waals surface area contributed by atoms with E-state index in [4.69, 9.17) is 0 Å². The van der Waals surface area contributed by atoms with Crippen LogP contribution in [0.2, 0.25) is 0 Å². The summed E-state index contributed by atoms with van der Waals surface area (Å²) < 4.78 is 25.0. The Bertz CT molecular complexity index is 1200. The number of carbonyl (C=O) groups excluding carboxylic acids is 1. The summed E-state index contributed by atoms with van der Waals surface area (Å²) in [6.07, 6.45) is 1.21. The molecule has 1 saturated heterocycles. The van der Waals surface area contributed by atoms with Crippen LogP contribution < -0.4 is 4.90 Å². The van der Waals surface area contributed by atoms with Crippen molar-refractivity contribution in [1.29, 1.82) is 0 Å². The summed E-state index contributed by atoms with van der Waals surface area (Å²) in [4.78, 5) is 22.9. The van der Waals surface area contributed by atoms with Gasteiger partial charge >= 0.3 is 0 Å². The number of benzene rings is 2. The lowest BCUT2D eigenvalue weighted by Gasteiger charge is -2.34. The number of hydrogen-bond donors (Lipinski definition) is 0. The molecule has 0 bridgehead atoms. The van der Waals surface area contributed by atoms with Crippen molar-refractivity contribution in [2.24, 2.45) is 0 Å². The molecule has 0 radical (unpaired) electrons. The third kappa shape index (κ3) is 4.88. The maximum atomic E-state index is 12.9. The van der Waals surface area contributed by atoms with Crippen LogP contribution in [0.25, 0.3) is 10.2 Å². The first-order valence-electron chi connectivity index (χ1n) is 10.1. The number of carbonyl (C=O) groups is 1. The smallest absolute Gasteiger partial charge is 0.253 e. The third-order valence-corrected chi connectivity index (χ3v) is 8.31. The summed E-state index contributed by atoms with van der Waals surface area (Å²) >= 11 is 3.27. The number of nitrogens with zero attached hydrogens (tertiary/aromatic N) is 3. The maximum absolute atomic E-state index is 12.9. The Labute approximate surface area is 191 Å². The molecular weight excluding hydrogens is 450 g/mol. The highest BCUT2D eigenvalue weighted by Gasteiger charge is 2.25. The SMILES string of the molecule is CC(C)Sc1ccc(C(=O)N2CCN(c3nc4c(S(C)(=O)=O)cccc4s3)CC2)cc1. The zero-order valence-electron chi connectivity index (χ0n) is 17.7. The number of thioether (sulfide) groups is 1. The first-order chi connectivity index (χ1) is 14.7. The Kier molecular flexibility index (Phi) is 6.27. The van der Waals surface area contributed by atoms with Gasteiger partial charge in [-0.15, -0.1) is 11.8 Å². The van der Waals surface area contributed by atoms with Gasteiger partial charge in [0.15, 0.2) is 15.0 Å². The first kappa shape index (κ1) is 22.1. The molecule has 1 aliphatic rings. The van der Waals surface area contributed by atoms with Gasteiger partial charge in [-0.25, -0.2) is 13.4 Å². The molecule has 9 heteroatoms. The first-order valence-corrected chi connectivity index (χ1v) is 13.7. The number of amides is 1. The van der Waals surface area contributed by atoms with Gasteiger partial charge in [-0.05, 0) is 36.4 Å². The standard InChI is InChI=1S/C22H25N3O3S3/c1-15(2)29-17-9-7-16(8-10-17)21(26)24-11-13-25(14-12-24)22-23-20-18(30-22)5-4-6-19(20)31(3,27)28/h4-10,15H,11-14H2,1-3H3. The highest BCUT2D eigenvalue weighted by molar-refractivity contribution is 7.99. The molecule has 0 aliphatic carbocycles. The third-order valence-electron chi connectivity index (χ3n) is 5.08. The Morgan fingerprint density at radius 2 is 1.74 bits per heavy atom. The van der Waals surface area contributed by atoms with Crippen molar-refractivity contribution >= 4 is 54.2 Å². The number of anilines is 1. The van der Waals surface area contributed by atoms with Gasteiger partial charge < -0.3 is 9.80 Å². The summed E-state index contributed by atoms with van der Waals surface area (Å²) in [5.74, 6) is 0.0457. The van der Waals surface area contributed by atoms with Crippen LogP contribution in [0, 0.1) is 0 Å². The predicted molar refractivity (Wildman–Crippen MR) is 128 cm³/mol. The van der Waals surface area contributed by atoms with E-state index in [0.29, 0.717) is 42.5 Å². The minimum absolute atomic E-state index is 0.0457. The van der Waals surface area contributed by atoms with E-state index >= 15 is 0 Å². The molecular formula is C22H25N3O3S3. The van der Waals surface area contributed by atoms with Gasteiger partial charge in [-0.2, -0.15) is 0 Å². The normalized spacial score (nSPS) is 15.1. The predicted octanol–water partition coefficient (Wildman–Crippen LogP) is 4.16. The number of fused-ring (bicyclic) bond motifs is 1. The fourth-order valence-corrected chi connectivity index (χ4v) is 6.36. The number of rotatable bonds is 5. The van der Waals surface area contributed by atoms with Crippen LogP contribution in [0.3, 0.4) is 0 Å². The molecule has 1 aromatic heterocycles. The van der Waals surface area contributed by atoms with Crippen molar-refractivity contribution in [2.75, 3.05) is 37.3 Å². The van der Waals surface area contributed by atoms with Crippen molar-refractivity contribution in [3.63, 3.8) is 0 Å². The molecule has 0 unspecified atom stereocenters. The maximum Gasteiger partial charge on any atom is 0.253 e. The van der Waals surface area contributed by atoms with E-state index < -0.39 is 9.84 Å². The Balaban J connectivity index is 1.44. The van der Waals surface area contributed by atoms with E-state index in [1.165, 1.54) is 22.5 Å². The summed E-state index contributed by atoms with van der Waals surface area (Å²) in [7, 11) is -3.34. The lowest BCUT2D eigenvalue weighted by atomic mass is 10.2. The number of thiazole rings is 1. The van der Waals surface area contributed by atoms with E-state index in [1.54, 1.807) is 23.9 Å². The minimum atomic E-state index is -3.34. The van der Waals surface area contributed by atoms with E-state index in [9.17, 15) is 13.2 Å². The second-order valence-electron chi connectivity index (χ2n) is 7.84. The number of sulfone groups is 1. The molecule has 4 rings (SSSR count). The molecule has 0 spiro atoms. The molecule has 1 aliphatic heterocycles. The molecule has 31 heavy (non-hydrogen) atoms. The van der Waals surface area contributed by atoms with Crippen molar-refractivity contribution in [3.8, 4) is 0 Å². The molecule has 0 atom stereocenters. The molecule has 1 fully saturated rings. The van der Waals surface area contributed by atoms with E-state index in [1.807, 2.05) is 35.2 Å². The second-order valence-corrected chi connectivity index (χ2v) is 12.5. The van der Waals surface area contributed by atoms with Gasteiger partial charge in [-0.1, -0.05) is 31.3 Å². The van der Waals surface area contributed by atoms with Gasteiger partial charge in [0.25, 0.3) is 5.91 Å². The van der Waals surface area contributed by atoms with Crippen LogP contribution in [-0.4, -0.2) is 61.9 Å². The summed E-state index contributed by atoms with van der Waals surface area (Å²) in [5.41, 5.74) is 1.24. The highest BCUT2D eigenvalue weighted by Crippen LogP contribution is 2.33. The molecule has 3 aromatic rings. The van der Waals surface area contributed by atoms with E-state index in [0.717, 1.165) is 9.83 Å². The Morgan fingerprint density at radius 1 is 1.06 bits per heavy atom. The van der Waals surface area contributed by atoms with Crippen LogP contribution >= 0.6 is 23.1 Å². The van der Waals surface area contributed by atoms with Crippen molar-refractivity contribution in [2.45, 2.75) is 28.9 Å². The lowest BCUT2D eigenvalue weighted by Crippen LogP contribution is -2.48. The van der Waals surface area contributed by atoms with Crippen LogP contribution in [0.15, 0.2) is 52.3 Å². The Morgan fingerprint density at radius 3 is 2.35 bits per heavy atom. The van der Waals surface area contributed by atoms with Gasteiger partial charge in [0.1, 0.15) is 5.52 Å². The molecule has 2 aromatic carbocycles. The average Bonchev–Trinajstić information content (AvgIpc) is 3.17. The number of aromatic nitrogens is 1. The fraction of sp³-hybridized carbons (Fsp3) is 0.364. The number of para-hydroxylation sites is 1. The van der Waals surface area contributed by atoms with Crippen molar-refractivity contribution in [1.82, 2.24) is 9.88 Å². The number of piperazine rings is 1. The largest absolute Gasteiger partial charge is 0.345 e. The molecule has 164 valence electrons. The van der Waals surface area contributed by atoms with Crippen LogP contribution in [0.5, 0.6) is 0 Å². The highest BCUT2D eigenvalue weighted by atomic mass is 32.2. The van der Waals surface area contributed by atoms with Gasteiger partial charge in [-0.3, -0.25) is 4.79 Å². The molecule has 2 heterocycles. The van der Waals surface area contributed by atoms with Gasteiger partial charge in [0, 0.05) is 48.1 Å². The number of hydrogen-bond acceptors (Lipinski definition) is 7. The summed E-state index contributed by atoms with van der Waals surface area (Å²) in [5, 5.41) is 1.30. The molecule has 6 nitrogen and oxygen atoms in total. The van der Waals surface area contributed by atoms with Gasteiger partial charge in [0.2, 0.25) is 0 Å². The van der Waals surface area contributed by atoms with Crippen LogP contribution in [0.1, 0.15) is 24.2 Å². The van der Waals surface area contributed by atoms with Gasteiger partial charge in [0.05, 0.1) is 9.60 Å². The topological polar surface area (TPSA) is 70.6 Å². The molecule has 0 saturated carbocycles. The molecule has 0 N–H and O–H groups in total. The van der Waals surface area contributed by atoms with Crippen LogP contribution in [-0.2, 0) is 9.84 Å². The van der Waals surface area contributed by atoms with Crippen LogP contribution in [0.4, 0.5) is 5.13 Å². The monoisotopic (exact) mass is 475 g/mol. The second kappa shape index (κ2) is 8.80. The van der Waals surface area contributed by atoms with Crippen molar-refractivity contribution < 1.29 is 13.2 Å². The fourth-order valence-electron chi connectivity index (χ4n) is 3.58. The zero-order valence-corrected chi connectivity index (χ0v) is 20.2. The minimum Gasteiger partial charge on any atom is -0.345 e. The Hall–Kier alpha value is -2.10. The molecule has 1 amide bonds. The summed E-state index contributed by atoms with van der Waals surface area (Å²) in [6.45, 7) is 6.85. The zero-order chi connectivity index (χ0) is 22.2. The average molecular weight is 476 g/mol. The van der Waals surface area contributed by atoms with E-state index in [-0.39, 0.29) is 10.8 Å². The lowest BCUT2D eigenvalue weighted by molar-refractivity contribution is 0.0746. The quantitative estimate of drug-likeness (QED) is 0.516. The van der Waals surface area contributed by atoms with E-state index in [2.05, 4.69) is 23.7 Å². The van der Waals surface area contributed by atoms with Crippen molar-refractivity contribution in [3.05, 3.63) is 48.0 Å².